The van der Waals surface area contributed by atoms with Crippen LogP contribution >= 0.6 is 22.6 Å². The molecule has 3 nitrogen and oxygen atoms in total. The number of esters is 1. The number of carbonyl (C=O) groups is 1. The standard InChI is InChI=1S/C18H23IO3/c1-9-4-5-13-10(2)6-11-7-12(19)8-17(11,3)18(21)15(13)14(9)16(20)22-18/h8-11,13,21H,4-7H2,1-3H3/t9-,10-,11+,13+,17-,18+/m0/s1. The third-order valence-corrected chi connectivity index (χ3v) is 7.46. The largest absolute Gasteiger partial charge is 0.425 e. The van der Waals surface area contributed by atoms with Crippen LogP contribution in [0.25, 0.3) is 0 Å². The van der Waals surface area contributed by atoms with E-state index in [2.05, 4.69) is 49.4 Å². The van der Waals surface area contributed by atoms with Gasteiger partial charge in [0.1, 0.15) is 0 Å². The van der Waals surface area contributed by atoms with E-state index in [0.29, 0.717) is 11.8 Å². The van der Waals surface area contributed by atoms with Crippen LogP contribution in [0.3, 0.4) is 0 Å². The number of rotatable bonds is 0. The number of hydrogen-bond donors (Lipinski definition) is 1. The van der Waals surface area contributed by atoms with Crippen molar-refractivity contribution in [3.63, 3.8) is 0 Å². The zero-order valence-electron chi connectivity index (χ0n) is 13.4. The molecule has 0 saturated heterocycles. The molecule has 0 unspecified atom stereocenters. The first-order valence-corrected chi connectivity index (χ1v) is 9.43. The Morgan fingerprint density at radius 1 is 1.36 bits per heavy atom. The van der Waals surface area contributed by atoms with E-state index in [-0.39, 0.29) is 17.8 Å². The SMILES string of the molecule is C[C@H]1CC[C@H]2C3=C1C(=O)O[C@@]3(O)[C@@]1(C)C=C(I)C[C@H]1C[C@@H]2C. The van der Waals surface area contributed by atoms with Crippen molar-refractivity contribution in [1.29, 1.82) is 0 Å². The van der Waals surface area contributed by atoms with Gasteiger partial charge in [-0.05, 0) is 82.4 Å². The molecule has 4 heteroatoms. The van der Waals surface area contributed by atoms with Crippen molar-refractivity contribution in [3.8, 4) is 0 Å². The quantitative estimate of drug-likeness (QED) is 0.482. The van der Waals surface area contributed by atoms with E-state index in [1.807, 2.05) is 0 Å². The van der Waals surface area contributed by atoms with Crippen LogP contribution in [0.2, 0.25) is 0 Å². The van der Waals surface area contributed by atoms with Crippen LogP contribution in [0.1, 0.15) is 46.5 Å². The van der Waals surface area contributed by atoms with Crippen molar-refractivity contribution in [1.82, 2.24) is 0 Å². The predicted molar refractivity (Wildman–Crippen MR) is 92.1 cm³/mol. The fourth-order valence-corrected chi connectivity index (χ4v) is 6.59. The van der Waals surface area contributed by atoms with Crippen LogP contribution in [-0.2, 0) is 9.53 Å². The van der Waals surface area contributed by atoms with Gasteiger partial charge in [-0.1, -0.05) is 19.9 Å². The number of halogens is 1. The maximum absolute atomic E-state index is 12.5. The third-order valence-electron chi connectivity index (χ3n) is 6.71. The summed E-state index contributed by atoms with van der Waals surface area (Å²) in [6.45, 7) is 6.46. The minimum Gasteiger partial charge on any atom is -0.425 e. The fourth-order valence-electron chi connectivity index (χ4n) is 5.41. The summed E-state index contributed by atoms with van der Waals surface area (Å²) in [6, 6.07) is 0. The van der Waals surface area contributed by atoms with Gasteiger partial charge in [-0.15, -0.1) is 0 Å². The summed E-state index contributed by atoms with van der Waals surface area (Å²) in [5, 5.41) is 11.6. The average molecular weight is 414 g/mol. The van der Waals surface area contributed by atoms with Gasteiger partial charge in [0.25, 0.3) is 0 Å². The predicted octanol–water partition coefficient (Wildman–Crippen LogP) is 3.96. The molecule has 1 N–H and O–H groups in total. The van der Waals surface area contributed by atoms with Crippen LogP contribution in [0, 0.1) is 29.1 Å². The Balaban J connectivity index is 1.98. The average Bonchev–Trinajstić information content (AvgIpc) is 2.86. The monoisotopic (exact) mass is 414 g/mol. The molecule has 1 aliphatic heterocycles. The highest BCUT2D eigenvalue weighted by molar-refractivity contribution is 14.1. The second-order valence-corrected chi connectivity index (χ2v) is 9.32. The highest BCUT2D eigenvalue weighted by Crippen LogP contribution is 2.64. The lowest BCUT2D eigenvalue weighted by Crippen LogP contribution is -2.50. The maximum atomic E-state index is 12.5. The van der Waals surface area contributed by atoms with Crippen molar-refractivity contribution in [2.75, 3.05) is 0 Å². The Morgan fingerprint density at radius 3 is 2.82 bits per heavy atom. The van der Waals surface area contributed by atoms with Gasteiger partial charge in [-0.2, -0.15) is 0 Å². The lowest BCUT2D eigenvalue weighted by Gasteiger charge is -2.42. The van der Waals surface area contributed by atoms with Crippen LogP contribution in [0.5, 0.6) is 0 Å². The molecule has 6 atom stereocenters. The van der Waals surface area contributed by atoms with Gasteiger partial charge in [0.2, 0.25) is 5.79 Å². The van der Waals surface area contributed by atoms with E-state index >= 15 is 0 Å². The van der Waals surface area contributed by atoms with Crippen LogP contribution in [0.15, 0.2) is 20.8 Å². The molecule has 22 heavy (non-hydrogen) atoms. The van der Waals surface area contributed by atoms with E-state index in [1.54, 1.807) is 0 Å². The second-order valence-electron chi connectivity index (χ2n) is 7.93. The molecule has 0 bridgehead atoms. The molecule has 4 rings (SSSR count). The van der Waals surface area contributed by atoms with Gasteiger partial charge in [-0.3, -0.25) is 0 Å². The molecule has 0 aromatic carbocycles. The first-order valence-electron chi connectivity index (χ1n) is 8.35. The van der Waals surface area contributed by atoms with Gasteiger partial charge < -0.3 is 9.84 Å². The van der Waals surface area contributed by atoms with Gasteiger partial charge in [0.15, 0.2) is 0 Å². The number of fused-ring (bicyclic) bond motifs is 2. The summed E-state index contributed by atoms with van der Waals surface area (Å²) in [4.78, 5) is 12.5. The third kappa shape index (κ3) is 1.68. The first-order chi connectivity index (χ1) is 10.3. The fraction of sp³-hybridized carbons (Fsp3) is 0.722. The molecule has 1 saturated carbocycles. The highest BCUT2D eigenvalue weighted by atomic mass is 127. The van der Waals surface area contributed by atoms with E-state index in [0.717, 1.165) is 36.8 Å². The number of ether oxygens (including phenoxy) is 1. The smallest absolute Gasteiger partial charge is 0.337 e. The van der Waals surface area contributed by atoms with E-state index in [9.17, 15) is 9.90 Å². The summed E-state index contributed by atoms with van der Waals surface area (Å²) in [7, 11) is 0. The van der Waals surface area contributed by atoms with Crippen molar-refractivity contribution >= 4 is 28.6 Å². The minimum atomic E-state index is -1.43. The molecule has 0 radical (unpaired) electrons. The number of allylic oxidation sites excluding steroid dienone is 1. The summed E-state index contributed by atoms with van der Waals surface area (Å²) in [5.41, 5.74) is 1.22. The summed E-state index contributed by atoms with van der Waals surface area (Å²) >= 11 is 2.36. The van der Waals surface area contributed by atoms with Gasteiger partial charge in [0.05, 0.1) is 5.41 Å². The maximum Gasteiger partial charge on any atom is 0.337 e. The van der Waals surface area contributed by atoms with Crippen LogP contribution in [-0.4, -0.2) is 16.9 Å². The van der Waals surface area contributed by atoms with Gasteiger partial charge >= 0.3 is 5.97 Å². The molecule has 3 aliphatic carbocycles. The molecule has 0 spiro atoms. The minimum absolute atomic E-state index is 0.199. The van der Waals surface area contributed by atoms with Crippen molar-refractivity contribution in [2.45, 2.75) is 52.2 Å². The lowest BCUT2D eigenvalue weighted by atomic mass is 9.67. The molecule has 4 aliphatic rings. The van der Waals surface area contributed by atoms with Crippen molar-refractivity contribution < 1.29 is 14.6 Å². The zero-order valence-corrected chi connectivity index (χ0v) is 15.5. The van der Waals surface area contributed by atoms with Gasteiger partial charge in [0, 0.05) is 11.1 Å². The summed E-state index contributed by atoms with van der Waals surface area (Å²) < 4.78 is 7.00. The zero-order chi connectivity index (χ0) is 15.9. The summed E-state index contributed by atoms with van der Waals surface area (Å²) in [6.07, 6.45) is 6.33. The van der Waals surface area contributed by atoms with Crippen LogP contribution < -0.4 is 0 Å². The molecular weight excluding hydrogens is 391 g/mol. The molecular formula is C18H23IO3. The molecule has 0 amide bonds. The van der Waals surface area contributed by atoms with Crippen molar-refractivity contribution in [2.24, 2.45) is 29.1 Å². The Labute approximate surface area is 145 Å². The Bertz CT molecular complexity index is 622. The molecule has 1 fully saturated rings. The summed E-state index contributed by atoms with van der Waals surface area (Å²) in [5.74, 6) is -0.387. The lowest BCUT2D eigenvalue weighted by molar-refractivity contribution is -0.222. The second kappa shape index (κ2) is 4.59. The van der Waals surface area contributed by atoms with E-state index in [1.165, 1.54) is 3.58 Å². The molecule has 0 aromatic rings. The number of carbonyl (C=O) groups excluding carboxylic acids is 1. The van der Waals surface area contributed by atoms with Crippen LogP contribution in [0.4, 0.5) is 0 Å². The van der Waals surface area contributed by atoms with Gasteiger partial charge in [-0.25, -0.2) is 4.79 Å². The Morgan fingerprint density at radius 2 is 2.09 bits per heavy atom. The normalized spacial score (nSPS) is 50.2. The van der Waals surface area contributed by atoms with E-state index in [4.69, 9.17) is 4.74 Å². The molecule has 0 aromatic heterocycles. The Hall–Kier alpha value is -0.360. The number of hydrogen-bond acceptors (Lipinski definition) is 3. The Kier molecular flexibility index (Phi) is 3.17. The highest BCUT2D eigenvalue weighted by Gasteiger charge is 2.66. The van der Waals surface area contributed by atoms with Crippen molar-refractivity contribution in [3.05, 3.63) is 20.8 Å². The molecule has 1 heterocycles. The van der Waals surface area contributed by atoms with E-state index < -0.39 is 11.2 Å². The topological polar surface area (TPSA) is 46.5 Å². The first kappa shape index (κ1) is 15.2. The molecule has 120 valence electrons. The number of aliphatic hydroxyl groups is 1.